The third-order valence-corrected chi connectivity index (χ3v) is 11.2. The average Bonchev–Trinajstić information content (AvgIpc) is 3.41. The van der Waals surface area contributed by atoms with Crippen molar-refractivity contribution in [3.63, 3.8) is 0 Å². The van der Waals surface area contributed by atoms with E-state index in [4.69, 9.17) is 0 Å². The van der Waals surface area contributed by atoms with E-state index >= 15 is 0 Å². The first kappa shape index (κ1) is 17.9. The van der Waals surface area contributed by atoms with Crippen molar-refractivity contribution in [3.8, 4) is 0 Å². The summed E-state index contributed by atoms with van der Waals surface area (Å²) >= 11 is 3.10. The minimum atomic E-state index is -0.275. The van der Waals surface area contributed by atoms with Gasteiger partial charge in [0.2, 0.25) is 5.77 Å². The molecule has 0 unspecified atom stereocenters. The minimum absolute atomic E-state index is 0.266. The lowest BCUT2D eigenvalue weighted by Gasteiger charge is -2.04. The quantitative estimate of drug-likeness (QED) is 0.466. The lowest BCUT2D eigenvalue weighted by Crippen LogP contribution is -3.61. The Bertz CT molecular complexity index is 700. The van der Waals surface area contributed by atoms with Gasteiger partial charge in [0.05, 0.1) is 9.75 Å². The van der Waals surface area contributed by atoms with Crippen molar-refractivity contribution >= 4 is 34.2 Å². The fourth-order valence-electron chi connectivity index (χ4n) is 3.87. The van der Waals surface area contributed by atoms with Gasteiger partial charge >= 0.3 is 21.2 Å². The molecule has 0 atom stereocenters. The molecule has 132 valence electrons. The summed E-state index contributed by atoms with van der Waals surface area (Å²) in [6, 6.07) is 8.33. The van der Waals surface area contributed by atoms with Gasteiger partial charge < -0.3 is 0 Å². The van der Waals surface area contributed by atoms with E-state index in [0.717, 1.165) is 35.4 Å². The number of rotatable bonds is 6. The van der Waals surface area contributed by atoms with Gasteiger partial charge in [0.1, 0.15) is 0 Å². The number of hydrogen-bond acceptors (Lipinski definition) is 4. The van der Waals surface area contributed by atoms with E-state index in [1.807, 2.05) is 12.1 Å². The Kier molecular flexibility index (Phi) is 5.72. The molecule has 0 radical (unpaired) electrons. The van der Waals surface area contributed by atoms with Crippen molar-refractivity contribution in [1.82, 2.24) is 0 Å². The van der Waals surface area contributed by atoms with Crippen LogP contribution in [-0.2, 0) is 0 Å². The molecule has 0 saturated heterocycles. The second-order valence-electron chi connectivity index (χ2n) is 6.99. The molecular formula is C20H22IO2S2+. The molecule has 0 bridgehead atoms. The van der Waals surface area contributed by atoms with Gasteiger partial charge in [-0.3, -0.25) is 9.59 Å². The highest BCUT2D eigenvalue weighted by Gasteiger charge is 2.30. The molecule has 2 aromatic rings. The average molecular weight is 485 g/mol. The van der Waals surface area contributed by atoms with Gasteiger partial charge in [-0.25, -0.2) is 0 Å². The topological polar surface area (TPSA) is 34.1 Å². The Hall–Kier alpha value is -0.530. The Balaban J connectivity index is 1.41. The highest BCUT2D eigenvalue weighted by molar-refractivity contribution is 7.12. The third kappa shape index (κ3) is 4.08. The highest BCUT2D eigenvalue weighted by Crippen LogP contribution is 2.30. The lowest BCUT2D eigenvalue weighted by molar-refractivity contribution is -0.585. The van der Waals surface area contributed by atoms with Crippen LogP contribution in [0.2, 0.25) is 0 Å². The molecule has 2 fully saturated rings. The van der Waals surface area contributed by atoms with Crippen molar-refractivity contribution in [1.29, 1.82) is 0 Å². The van der Waals surface area contributed by atoms with Crippen LogP contribution in [0.25, 0.3) is 0 Å². The molecule has 2 aromatic heterocycles. The number of thiophene rings is 2. The molecule has 2 aliphatic rings. The number of Topliss-reactive ketones (excluding diaryl/α,β-unsaturated/α-hetero) is 2. The monoisotopic (exact) mass is 485 g/mol. The molecule has 0 spiro atoms. The Morgan fingerprint density at radius 3 is 1.52 bits per heavy atom. The number of ketones is 2. The zero-order valence-corrected chi connectivity index (χ0v) is 17.9. The maximum Gasteiger partial charge on any atom is 0.381 e. The van der Waals surface area contributed by atoms with Crippen LogP contribution in [0.4, 0.5) is 0 Å². The fraction of sp³-hybridized carbons (Fsp3) is 0.500. The van der Waals surface area contributed by atoms with Crippen LogP contribution in [0, 0.1) is 17.6 Å². The second-order valence-corrected chi connectivity index (χ2v) is 13.5. The smallest absolute Gasteiger partial charge is 0.293 e. The summed E-state index contributed by atoms with van der Waals surface area (Å²) < 4.78 is 2.67. The molecular weight excluding hydrogens is 463 g/mol. The molecule has 25 heavy (non-hydrogen) atoms. The molecule has 2 heterocycles. The molecule has 0 amide bonds. The van der Waals surface area contributed by atoms with Gasteiger partial charge in [-0.15, -0.1) is 0 Å². The normalized spacial score (nSPS) is 18.9. The maximum atomic E-state index is 12.5. The summed E-state index contributed by atoms with van der Waals surface area (Å²) in [4.78, 5) is 27.0. The SMILES string of the molecule is O=C(c1ccc([I+]c2ccc(C(=O)C3CCCC3)s2)s1)C1CCCC1. The van der Waals surface area contributed by atoms with Gasteiger partial charge in [0, 0.05) is 24.0 Å². The Morgan fingerprint density at radius 1 is 0.720 bits per heavy atom. The van der Waals surface area contributed by atoms with Crippen LogP contribution in [0.5, 0.6) is 0 Å². The summed E-state index contributed by atoms with van der Waals surface area (Å²) in [5.74, 6) is 1.26. The first-order valence-electron chi connectivity index (χ1n) is 9.13. The molecule has 2 nitrogen and oxygen atoms in total. The maximum absolute atomic E-state index is 12.5. The Morgan fingerprint density at radius 2 is 1.12 bits per heavy atom. The summed E-state index contributed by atoms with van der Waals surface area (Å²) in [6.45, 7) is 0. The van der Waals surface area contributed by atoms with Gasteiger partial charge in [0.25, 0.3) is 0 Å². The van der Waals surface area contributed by atoms with Crippen LogP contribution in [0.1, 0.15) is 70.7 Å². The van der Waals surface area contributed by atoms with Crippen LogP contribution in [0.3, 0.4) is 0 Å². The van der Waals surface area contributed by atoms with Crippen LogP contribution in [0.15, 0.2) is 24.3 Å². The molecule has 0 aromatic carbocycles. The third-order valence-electron chi connectivity index (χ3n) is 5.27. The van der Waals surface area contributed by atoms with Crippen molar-refractivity contribution in [2.45, 2.75) is 51.4 Å². The molecule has 4 rings (SSSR count). The van der Waals surface area contributed by atoms with Crippen molar-refractivity contribution in [3.05, 3.63) is 39.8 Å². The molecule has 2 aliphatic carbocycles. The molecule has 5 heteroatoms. The van der Waals surface area contributed by atoms with Crippen molar-refractivity contribution in [2.75, 3.05) is 0 Å². The summed E-state index contributed by atoms with van der Waals surface area (Å²) in [5.41, 5.74) is 0. The lowest BCUT2D eigenvalue weighted by atomic mass is 10.0. The number of halogens is 1. The molecule has 0 N–H and O–H groups in total. The summed E-state index contributed by atoms with van der Waals surface area (Å²) in [6.07, 6.45) is 9.08. The Labute approximate surface area is 167 Å². The predicted molar refractivity (Wildman–Crippen MR) is 98.6 cm³/mol. The minimum Gasteiger partial charge on any atom is -0.293 e. The number of hydrogen-bond donors (Lipinski definition) is 0. The standard InChI is InChI=1S/C20H22IO2S2/c22-19(13-5-1-2-6-13)15-9-11-17(24-15)21-18-12-10-16(25-18)20(23)14-7-3-4-8-14/h9-14H,1-8H2/q+1. The van der Waals surface area contributed by atoms with E-state index in [0.29, 0.717) is 11.6 Å². The van der Waals surface area contributed by atoms with E-state index < -0.39 is 0 Å². The van der Waals surface area contributed by atoms with Gasteiger partial charge in [-0.2, -0.15) is 0 Å². The van der Waals surface area contributed by atoms with E-state index in [1.54, 1.807) is 22.7 Å². The van der Waals surface area contributed by atoms with Gasteiger partial charge in [-0.05, 0) is 37.8 Å². The first-order valence-corrected chi connectivity index (χ1v) is 12.9. The fourth-order valence-corrected chi connectivity index (χ4v) is 10.2. The van der Waals surface area contributed by atoms with Crippen molar-refractivity contribution in [2.24, 2.45) is 11.8 Å². The largest absolute Gasteiger partial charge is 0.381 e. The highest BCUT2D eigenvalue weighted by atomic mass is 127. The van der Waals surface area contributed by atoms with Gasteiger partial charge in [-0.1, -0.05) is 48.4 Å². The van der Waals surface area contributed by atoms with Crippen LogP contribution >= 0.6 is 22.7 Å². The van der Waals surface area contributed by atoms with Gasteiger partial charge in [0.15, 0.2) is 11.6 Å². The predicted octanol–water partition coefficient (Wildman–Crippen LogP) is 2.68. The molecule has 0 aliphatic heterocycles. The van der Waals surface area contributed by atoms with Crippen molar-refractivity contribution < 1.29 is 30.8 Å². The number of carbonyl (C=O) groups excluding carboxylic acids is 2. The van der Waals surface area contributed by atoms with E-state index in [9.17, 15) is 9.59 Å². The van der Waals surface area contributed by atoms with E-state index in [2.05, 4.69) is 12.1 Å². The summed E-state index contributed by atoms with van der Waals surface area (Å²) in [7, 11) is 0. The summed E-state index contributed by atoms with van der Waals surface area (Å²) in [5, 5.41) is 0. The second kappa shape index (κ2) is 8.01. The van der Waals surface area contributed by atoms with E-state index in [1.165, 1.54) is 31.5 Å². The first-order chi connectivity index (χ1) is 12.2. The zero-order chi connectivity index (χ0) is 17.2. The van der Waals surface area contributed by atoms with Crippen LogP contribution < -0.4 is 21.2 Å². The zero-order valence-electron chi connectivity index (χ0n) is 14.1. The van der Waals surface area contributed by atoms with E-state index in [-0.39, 0.29) is 33.0 Å². The molecule has 2 saturated carbocycles. The number of carbonyl (C=O) groups is 2. The van der Waals surface area contributed by atoms with Crippen LogP contribution in [-0.4, -0.2) is 11.6 Å².